The van der Waals surface area contributed by atoms with Gasteiger partial charge in [-0.3, -0.25) is 4.79 Å². The summed E-state index contributed by atoms with van der Waals surface area (Å²) < 4.78 is 0. The zero-order chi connectivity index (χ0) is 12.3. The largest absolute Gasteiger partial charge is 0.387 e. The van der Waals surface area contributed by atoms with Crippen LogP contribution in [0.4, 0.5) is 0 Å². The molecule has 1 heterocycles. The highest BCUT2D eigenvalue weighted by Gasteiger charge is 2.24. The number of nitriles is 1. The molecular formula is C13H19N3O. The molecule has 0 bridgehead atoms. The monoisotopic (exact) mass is 233 g/mol. The first-order valence-corrected chi connectivity index (χ1v) is 6.36. The van der Waals surface area contributed by atoms with Gasteiger partial charge in [-0.25, -0.2) is 0 Å². The van der Waals surface area contributed by atoms with E-state index in [1.807, 2.05) is 6.07 Å². The molecule has 1 N–H and O–H groups in total. The predicted octanol–water partition coefficient (Wildman–Crippen LogP) is 1.40. The van der Waals surface area contributed by atoms with Gasteiger partial charge in [-0.05, 0) is 31.6 Å². The van der Waals surface area contributed by atoms with Crippen LogP contribution in [0.15, 0.2) is 11.8 Å². The summed E-state index contributed by atoms with van der Waals surface area (Å²) in [6.07, 6.45) is 5.97. The van der Waals surface area contributed by atoms with Crippen LogP contribution in [0.25, 0.3) is 0 Å². The molecule has 92 valence electrons. The molecule has 1 saturated heterocycles. The van der Waals surface area contributed by atoms with E-state index >= 15 is 0 Å². The predicted molar refractivity (Wildman–Crippen MR) is 64.8 cm³/mol. The summed E-state index contributed by atoms with van der Waals surface area (Å²) in [5, 5.41) is 12.1. The lowest BCUT2D eigenvalue weighted by Gasteiger charge is -2.30. The Kier molecular flexibility index (Phi) is 3.68. The van der Waals surface area contributed by atoms with Gasteiger partial charge >= 0.3 is 0 Å². The van der Waals surface area contributed by atoms with Crippen molar-refractivity contribution >= 4 is 5.91 Å². The van der Waals surface area contributed by atoms with Gasteiger partial charge in [0.2, 0.25) is 0 Å². The normalized spacial score (nSPS) is 22.1. The molecule has 0 atom stereocenters. The first-order chi connectivity index (χ1) is 8.20. The third-order valence-corrected chi connectivity index (χ3v) is 3.46. The highest BCUT2D eigenvalue weighted by atomic mass is 16.2. The van der Waals surface area contributed by atoms with Crippen LogP contribution in [-0.4, -0.2) is 29.9 Å². The molecule has 2 rings (SSSR count). The molecule has 17 heavy (non-hydrogen) atoms. The van der Waals surface area contributed by atoms with Crippen molar-refractivity contribution in [2.75, 3.05) is 13.1 Å². The van der Waals surface area contributed by atoms with Gasteiger partial charge in [-0.1, -0.05) is 6.92 Å². The fraction of sp³-hybridized carbons (Fsp3) is 0.692. The van der Waals surface area contributed by atoms with Crippen LogP contribution in [0.2, 0.25) is 0 Å². The van der Waals surface area contributed by atoms with Crippen molar-refractivity contribution in [1.82, 2.24) is 10.2 Å². The van der Waals surface area contributed by atoms with E-state index in [9.17, 15) is 4.79 Å². The Hall–Kier alpha value is -1.50. The van der Waals surface area contributed by atoms with Crippen molar-refractivity contribution in [1.29, 1.82) is 5.26 Å². The molecule has 0 radical (unpaired) electrons. The highest BCUT2D eigenvalue weighted by Crippen LogP contribution is 2.20. The van der Waals surface area contributed by atoms with E-state index < -0.39 is 0 Å². The maximum absolute atomic E-state index is 12.1. The fourth-order valence-corrected chi connectivity index (χ4v) is 1.98. The average molecular weight is 233 g/mol. The second kappa shape index (κ2) is 5.22. The van der Waals surface area contributed by atoms with E-state index in [2.05, 4.69) is 12.2 Å². The average Bonchev–Trinajstić information content (AvgIpc) is 3.14. The van der Waals surface area contributed by atoms with Crippen LogP contribution < -0.4 is 5.32 Å². The number of likely N-dealkylation sites (tertiary alicyclic amines) is 1. The third-order valence-electron chi connectivity index (χ3n) is 3.46. The zero-order valence-corrected chi connectivity index (χ0v) is 10.3. The van der Waals surface area contributed by atoms with Crippen LogP contribution in [0.1, 0.15) is 32.6 Å². The molecule has 0 unspecified atom stereocenters. The van der Waals surface area contributed by atoms with Gasteiger partial charge in [0.1, 0.15) is 11.6 Å². The standard InChI is InChI=1S/C13H19N3O/c1-10-4-6-16(7-5-10)13(17)11(8-14)9-15-12-2-3-12/h9-10,12,15H,2-7H2,1H3/b11-9-. The summed E-state index contributed by atoms with van der Waals surface area (Å²) >= 11 is 0. The second-order valence-corrected chi connectivity index (χ2v) is 5.09. The van der Waals surface area contributed by atoms with E-state index in [4.69, 9.17) is 5.26 Å². The minimum Gasteiger partial charge on any atom is -0.387 e. The van der Waals surface area contributed by atoms with E-state index in [0.717, 1.165) is 38.8 Å². The maximum Gasteiger partial charge on any atom is 0.265 e. The van der Waals surface area contributed by atoms with Crippen molar-refractivity contribution in [2.24, 2.45) is 5.92 Å². The number of amides is 1. The van der Waals surface area contributed by atoms with E-state index in [0.29, 0.717) is 12.0 Å². The van der Waals surface area contributed by atoms with Gasteiger partial charge in [0.15, 0.2) is 0 Å². The Bertz CT molecular complexity index is 357. The van der Waals surface area contributed by atoms with E-state index in [1.54, 1.807) is 11.1 Å². The zero-order valence-electron chi connectivity index (χ0n) is 10.3. The minimum absolute atomic E-state index is 0.118. The Morgan fingerprint density at radius 3 is 2.53 bits per heavy atom. The molecule has 4 heteroatoms. The summed E-state index contributed by atoms with van der Waals surface area (Å²) in [7, 11) is 0. The van der Waals surface area contributed by atoms with Crippen LogP contribution in [0.5, 0.6) is 0 Å². The summed E-state index contributed by atoms with van der Waals surface area (Å²) in [6.45, 7) is 3.77. The highest BCUT2D eigenvalue weighted by molar-refractivity contribution is 5.97. The van der Waals surface area contributed by atoms with Crippen LogP contribution in [0, 0.1) is 17.2 Å². The molecule has 0 aromatic carbocycles. The number of hydrogen-bond acceptors (Lipinski definition) is 3. The molecule has 1 amide bonds. The number of hydrogen-bond donors (Lipinski definition) is 1. The molecule has 2 fully saturated rings. The van der Waals surface area contributed by atoms with Crippen LogP contribution in [-0.2, 0) is 4.79 Å². The molecule has 0 spiro atoms. The molecule has 1 aliphatic heterocycles. The van der Waals surface area contributed by atoms with Crippen molar-refractivity contribution in [3.05, 3.63) is 11.8 Å². The van der Waals surface area contributed by atoms with Crippen LogP contribution >= 0.6 is 0 Å². The van der Waals surface area contributed by atoms with Crippen molar-refractivity contribution in [2.45, 2.75) is 38.6 Å². The fourth-order valence-electron chi connectivity index (χ4n) is 1.98. The molecular weight excluding hydrogens is 214 g/mol. The lowest BCUT2D eigenvalue weighted by molar-refractivity contribution is -0.128. The molecule has 4 nitrogen and oxygen atoms in total. The summed E-state index contributed by atoms with van der Waals surface area (Å²) in [6, 6.07) is 2.48. The summed E-state index contributed by atoms with van der Waals surface area (Å²) in [5.74, 6) is 0.575. The Balaban J connectivity index is 1.92. The van der Waals surface area contributed by atoms with Crippen molar-refractivity contribution < 1.29 is 4.79 Å². The number of rotatable bonds is 3. The SMILES string of the molecule is CC1CCN(C(=O)/C(C#N)=C\NC2CC2)CC1. The van der Waals surface area contributed by atoms with Gasteiger partial charge in [0.05, 0.1) is 0 Å². The number of nitrogens with one attached hydrogen (secondary N) is 1. The lowest BCUT2D eigenvalue weighted by Crippen LogP contribution is -2.38. The lowest BCUT2D eigenvalue weighted by atomic mass is 9.99. The summed E-state index contributed by atoms with van der Waals surface area (Å²) in [4.78, 5) is 13.9. The smallest absolute Gasteiger partial charge is 0.265 e. The Morgan fingerprint density at radius 1 is 1.35 bits per heavy atom. The van der Waals surface area contributed by atoms with Gasteiger partial charge in [0.25, 0.3) is 5.91 Å². The van der Waals surface area contributed by atoms with Crippen LogP contribution in [0.3, 0.4) is 0 Å². The van der Waals surface area contributed by atoms with Gasteiger partial charge in [0, 0.05) is 25.3 Å². The quantitative estimate of drug-likeness (QED) is 0.592. The van der Waals surface area contributed by atoms with E-state index in [1.165, 1.54) is 0 Å². The minimum atomic E-state index is -0.118. The molecule has 0 aromatic heterocycles. The van der Waals surface area contributed by atoms with Crippen molar-refractivity contribution in [3.8, 4) is 6.07 Å². The van der Waals surface area contributed by atoms with Gasteiger partial charge in [-0.2, -0.15) is 5.26 Å². The number of piperidine rings is 1. The topological polar surface area (TPSA) is 56.1 Å². The van der Waals surface area contributed by atoms with Crippen molar-refractivity contribution in [3.63, 3.8) is 0 Å². The third kappa shape index (κ3) is 3.23. The number of nitrogens with zero attached hydrogens (tertiary/aromatic N) is 2. The number of carbonyl (C=O) groups is 1. The first kappa shape index (κ1) is 12.0. The molecule has 2 aliphatic rings. The maximum atomic E-state index is 12.1. The second-order valence-electron chi connectivity index (χ2n) is 5.09. The molecule has 1 aliphatic carbocycles. The Labute approximate surface area is 102 Å². The Morgan fingerprint density at radius 2 is 2.00 bits per heavy atom. The van der Waals surface area contributed by atoms with Gasteiger partial charge < -0.3 is 10.2 Å². The first-order valence-electron chi connectivity index (χ1n) is 6.36. The molecule has 0 aromatic rings. The summed E-state index contributed by atoms with van der Waals surface area (Å²) in [5.41, 5.74) is 0.242. The number of carbonyl (C=O) groups excluding carboxylic acids is 1. The van der Waals surface area contributed by atoms with E-state index in [-0.39, 0.29) is 11.5 Å². The van der Waals surface area contributed by atoms with Gasteiger partial charge in [-0.15, -0.1) is 0 Å². The molecule has 1 saturated carbocycles.